The van der Waals surface area contributed by atoms with E-state index in [9.17, 15) is 4.79 Å². The quantitative estimate of drug-likeness (QED) is 0.811. The number of aromatic nitrogens is 1. The van der Waals surface area contributed by atoms with Crippen molar-refractivity contribution in [3.05, 3.63) is 17.8 Å². The Morgan fingerprint density at radius 1 is 1.62 bits per heavy atom. The normalized spacial score (nSPS) is 17.7. The van der Waals surface area contributed by atoms with Crippen LogP contribution in [0.2, 0.25) is 0 Å². The van der Waals surface area contributed by atoms with E-state index < -0.39 is 6.09 Å². The van der Waals surface area contributed by atoms with Crippen molar-refractivity contribution in [3.8, 4) is 0 Å². The maximum Gasteiger partial charge on any atom is 0.407 e. The Bertz CT molecular complexity index is 372. The second-order valence-corrected chi connectivity index (χ2v) is 4.12. The highest BCUT2D eigenvalue weighted by Crippen LogP contribution is 2.27. The number of halogens is 1. The monoisotopic (exact) mass is 244 g/mol. The van der Waals surface area contributed by atoms with Gasteiger partial charge in [0.2, 0.25) is 0 Å². The molecule has 0 atom stereocenters. The highest BCUT2D eigenvalue weighted by molar-refractivity contribution is 6.16. The largest absolute Gasteiger partial charge is 0.465 e. The summed E-state index contributed by atoms with van der Waals surface area (Å²) in [5.74, 6) is 1.24. The zero-order chi connectivity index (χ0) is 11.5. The van der Waals surface area contributed by atoms with Gasteiger partial charge in [0.1, 0.15) is 6.26 Å². The number of oxazole rings is 1. The molecule has 1 amide bonds. The zero-order valence-corrected chi connectivity index (χ0v) is 9.48. The minimum absolute atomic E-state index is 0.215. The van der Waals surface area contributed by atoms with Crippen molar-refractivity contribution < 1.29 is 14.3 Å². The highest BCUT2D eigenvalue weighted by Gasteiger charge is 2.26. The molecule has 6 heteroatoms. The van der Waals surface area contributed by atoms with E-state index in [1.165, 1.54) is 4.90 Å². The van der Waals surface area contributed by atoms with Gasteiger partial charge in [-0.1, -0.05) is 0 Å². The van der Waals surface area contributed by atoms with E-state index in [1.807, 2.05) is 0 Å². The minimum Gasteiger partial charge on any atom is -0.465 e. The fraction of sp³-hybridized carbons (Fsp3) is 0.600. The molecule has 5 nitrogen and oxygen atoms in total. The summed E-state index contributed by atoms with van der Waals surface area (Å²) in [6.45, 7) is 1.08. The summed E-state index contributed by atoms with van der Waals surface area (Å²) < 4.78 is 5.33. The molecule has 0 saturated carbocycles. The summed E-state index contributed by atoms with van der Waals surface area (Å²) in [5, 5.41) is 8.81. The molecule has 2 rings (SSSR count). The van der Waals surface area contributed by atoms with E-state index in [0.29, 0.717) is 24.9 Å². The van der Waals surface area contributed by atoms with Gasteiger partial charge in [0.05, 0.1) is 11.6 Å². The van der Waals surface area contributed by atoms with Gasteiger partial charge in [0, 0.05) is 19.0 Å². The Morgan fingerprint density at radius 2 is 2.31 bits per heavy atom. The van der Waals surface area contributed by atoms with Crippen molar-refractivity contribution >= 4 is 17.7 Å². The number of hydrogen-bond donors (Lipinski definition) is 1. The van der Waals surface area contributed by atoms with Gasteiger partial charge in [-0.3, -0.25) is 0 Å². The number of piperidine rings is 1. The number of amides is 1. The van der Waals surface area contributed by atoms with Crippen LogP contribution in [0.15, 0.2) is 10.7 Å². The predicted octanol–water partition coefficient (Wildman–Crippen LogP) is 2.27. The lowest BCUT2D eigenvalue weighted by molar-refractivity contribution is 0.129. The Kier molecular flexibility index (Phi) is 3.33. The van der Waals surface area contributed by atoms with Crippen molar-refractivity contribution in [2.75, 3.05) is 13.1 Å². The molecule has 1 aromatic rings. The summed E-state index contributed by atoms with van der Waals surface area (Å²) in [4.78, 5) is 16.4. The van der Waals surface area contributed by atoms with E-state index in [2.05, 4.69) is 4.98 Å². The summed E-state index contributed by atoms with van der Waals surface area (Å²) in [6.07, 6.45) is 2.22. The smallest absolute Gasteiger partial charge is 0.407 e. The van der Waals surface area contributed by atoms with Crippen LogP contribution in [0.4, 0.5) is 4.79 Å². The second-order valence-electron chi connectivity index (χ2n) is 3.85. The number of hydrogen-bond acceptors (Lipinski definition) is 3. The van der Waals surface area contributed by atoms with Gasteiger partial charge in [-0.15, -0.1) is 11.6 Å². The van der Waals surface area contributed by atoms with Crippen LogP contribution in [0.3, 0.4) is 0 Å². The molecule has 0 aromatic carbocycles. The molecule has 1 aliphatic rings. The number of alkyl halides is 1. The summed E-state index contributed by atoms with van der Waals surface area (Å²) in [5.41, 5.74) is 0.734. The standard InChI is InChI=1S/C10H13ClN2O3/c11-5-8-6-16-9(12-8)7-1-3-13(4-2-7)10(14)15/h6-7H,1-5H2,(H,14,15). The fourth-order valence-electron chi connectivity index (χ4n) is 1.89. The van der Waals surface area contributed by atoms with Crippen LogP contribution in [0.1, 0.15) is 30.3 Å². The van der Waals surface area contributed by atoms with E-state index in [1.54, 1.807) is 6.26 Å². The topological polar surface area (TPSA) is 66.6 Å². The third-order valence-corrected chi connectivity index (χ3v) is 3.09. The third kappa shape index (κ3) is 2.29. The third-order valence-electron chi connectivity index (χ3n) is 2.82. The molecule has 16 heavy (non-hydrogen) atoms. The fourth-order valence-corrected chi connectivity index (χ4v) is 2.01. The van der Waals surface area contributed by atoms with Gasteiger partial charge in [-0.2, -0.15) is 0 Å². The minimum atomic E-state index is -0.854. The van der Waals surface area contributed by atoms with Crippen molar-refractivity contribution in [2.45, 2.75) is 24.6 Å². The van der Waals surface area contributed by atoms with Crippen molar-refractivity contribution in [2.24, 2.45) is 0 Å². The molecule has 88 valence electrons. The zero-order valence-electron chi connectivity index (χ0n) is 8.73. The van der Waals surface area contributed by atoms with Crippen molar-refractivity contribution in [3.63, 3.8) is 0 Å². The average Bonchev–Trinajstić information content (AvgIpc) is 2.77. The lowest BCUT2D eigenvalue weighted by Gasteiger charge is -2.28. The van der Waals surface area contributed by atoms with E-state index in [0.717, 1.165) is 18.5 Å². The van der Waals surface area contributed by atoms with E-state index >= 15 is 0 Å². The number of nitrogens with zero attached hydrogens (tertiary/aromatic N) is 2. The maximum atomic E-state index is 10.7. The van der Waals surface area contributed by atoms with Crippen LogP contribution in [-0.2, 0) is 5.88 Å². The van der Waals surface area contributed by atoms with Crippen LogP contribution >= 0.6 is 11.6 Å². The predicted molar refractivity (Wildman–Crippen MR) is 57.6 cm³/mol. The summed E-state index contributed by atoms with van der Waals surface area (Å²) in [6, 6.07) is 0. The number of carboxylic acid groups (broad SMARTS) is 1. The van der Waals surface area contributed by atoms with Gasteiger partial charge >= 0.3 is 6.09 Å². The first kappa shape index (κ1) is 11.3. The van der Waals surface area contributed by atoms with E-state index in [-0.39, 0.29) is 5.92 Å². The van der Waals surface area contributed by atoms with Crippen LogP contribution in [0.25, 0.3) is 0 Å². The molecule has 1 aliphatic heterocycles. The van der Waals surface area contributed by atoms with Crippen LogP contribution in [0, 0.1) is 0 Å². The molecule has 0 bridgehead atoms. The van der Waals surface area contributed by atoms with E-state index in [4.69, 9.17) is 21.1 Å². The number of rotatable bonds is 2. The number of carbonyl (C=O) groups is 1. The first-order valence-corrected chi connectivity index (χ1v) is 5.72. The molecular weight excluding hydrogens is 232 g/mol. The van der Waals surface area contributed by atoms with Crippen LogP contribution in [0.5, 0.6) is 0 Å². The lowest BCUT2D eigenvalue weighted by Crippen LogP contribution is -2.36. The van der Waals surface area contributed by atoms with Gasteiger partial charge in [0.25, 0.3) is 0 Å². The molecule has 0 radical (unpaired) electrons. The maximum absolute atomic E-state index is 10.7. The van der Waals surface area contributed by atoms with Crippen LogP contribution < -0.4 is 0 Å². The SMILES string of the molecule is O=C(O)N1CCC(c2nc(CCl)co2)CC1. The molecule has 0 spiro atoms. The number of likely N-dealkylation sites (tertiary alicyclic amines) is 1. The van der Waals surface area contributed by atoms with Gasteiger partial charge < -0.3 is 14.4 Å². The lowest BCUT2D eigenvalue weighted by atomic mass is 9.97. The molecule has 0 aliphatic carbocycles. The second kappa shape index (κ2) is 4.74. The molecular formula is C10H13ClN2O3. The Hall–Kier alpha value is -1.23. The molecule has 0 unspecified atom stereocenters. The first-order chi connectivity index (χ1) is 7.70. The molecule has 1 saturated heterocycles. The average molecular weight is 245 g/mol. The van der Waals surface area contributed by atoms with Crippen molar-refractivity contribution in [1.82, 2.24) is 9.88 Å². The highest BCUT2D eigenvalue weighted by atomic mass is 35.5. The Morgan fingerprint density at radius 3 is 2.81 bits per heavy atom. The van der Waals surface area contributed by atoms with Gasteiger partial charge in [-0.25, -0.2) is 9.78 Å². The summed E-state index contributed by atoms with van der Waals surface area (Å²) >= 11 is 5.64. The Balaban J connectivity index is 1.96. The molecule has 1 N–H and O–H groups in total. The van der Waals surface area contributed by atoms with Gasteiger partial charge in [0.15, 0.2) is 5.89 Å². The van der Waals surface area contributed by atoms with Crippen LogP contribution in [-0.4, -0.2) is 34.2 Å². The molecule has 1 aromatic heterocycles. The molecule has 2 heterocycles. The molecule has 1 fully saturated rings. The van der Waals surface area contributed by atoms with Crippen molar-refractivity contribution in [1.29, 1.82) is 0 Å². The Labute approximate surface area is 98.0 Å². The first-order valence-electron chi connectivity index (χ1n) is 5.19. The van der Waals surface area contributed by atoms with Gasteiger partial charge in [-0.05, 0) is 12.8 Å². The summed E-state index contributed by atoms with van der Waals surface area (Å²) in [7, 11) is 0.